The van der Waals surface area contributed by atoms with E-state index in [0.29, 0.717) is 25.9 Å². The maximum absolute atomic E-state index is 12.7. The zero-order valence-corrected chi connectivity index (χ0v) is 13.1. The lowest BCUT2D eigenvalue weighted by molar-refractivity contribution is -0.123. The van der Waals surface area contributed by atoms with Crippen LogP contribution in [-0.2, 0) is 21.4 Å². The minimum Gasteiger partial charge on any atom is -0.381 e. The van der Waals surface area contributed by atoms with E-state index in [1.165, 1.54) is 22.2 Å². The van der Waals surface area contributed by atoms with Gasteiger partial charge in [-0.2, -0.15) is 9.40 Å². The Labute approximate surface area is 124 Å². The first-order valence-electron chi connectivity index (χ1n) is 6.98. The Morgan fingerprint density at radius 2 is 2.29 bits per heavy atom. The highest BCUT2D eigenvalue weighted by molar-refractivity contribution is 7.89. The Balaban J connectivity index is 2.35. The largest absolute Gasteiger partial charge is 0.381 e. The molecule has 0 bridgehead atoms. The third-order valence-corrected chi connectivity index (χ3v) is 5.47. The van der Waals surface area contributed by atoms with Crippen LogP contribution < -0.4 is 11.1 Å². The van der Waals surface area contributed by atoms with Crippen molar-refractivity contribution in [2.24, 2.45) is 0 Å². The van der Waals surface area contributed by atoms with Crippen molar-refractivity contribution in [3.8, 4) is 0 Å². The number of nitrogens with zero attached hydrogens (tertiary/aromatic N) is 3. The van der Waals surface area contributed by atoms with Gasteiger partial charge < -0.3 is 11.1 Å². The van der Waals surface area contributed by atoms with E-state index in [9.17, 15) is 13.2 Å². The van der Waals surface area contributed by atoms with Crippen LogP contribution in [0.2, 0.25) is 0 Å². The normalized spacial score (nSPS) is 19.8. The maximum atomic E-state index is 12.7. The molecule has 1 aliphatic rings. The van der Waals surface area contributed by atoms with E-state index in [1.54, 1.807) is 0 Å². The van der Waals surface area contributed by atoms with Gasteiger partial charge in [0.05, 0.1) is 0 Å². The summed E-state index contributed by atoms with van der Waals surface area (Å²) in [6.45, 7) is 2.88. The van der Waals surface area contributed by atoms with Gasteiger partial charge in [0, 0.05) is 26.3 Å². The Morgan fingerprint density at radius 3 is 2.90 bits per heavy atom. The number of aromatic nitrogens is 2. The molecule has 118 valence electrons. The lowest BCUT2D eigenvalue weighted by Gasteiger charge is -2.22. The molecular formula is C12H21N5O3S. The topological polar surface area (TPSA) is 110 Å². The number of carbonyl (C=O) groups excluding carboxylic acids is 1. The Hall–Kier alpha value is -1.61. The lowest BCUT2D eigenvalue weighted by Crippen LogP contribution is -2.44. The molecule has 1 aliphatic heterocycles. The molecule has 1 aromatic heterocycles. The Morgan fingerprint density at radius 1 is 1.57 bits per heavy atom. The minimum absolute atomic E-state index is 0.0215. The second kappa shape index (κ2) is 6.02. The third kappa shape index (κ3) is 2.88. The van der Waals surface area contributed by atoms with Crippen molar-refractivity contribution in [1.29, 1.82) is 0 Å². The summed E-state index contributed by atoms with van der Waals surface area (Å²) in [7, 11) is -2.31. The number of likely N-dealkylation sites (N-methyl/N-ethyl adjacent to an activating group) is 1. The van der Waals surface area contributed by atoms with Gasteiger partial charge in [-0.05, 0) is 19.3 Å². The summed E-state index contributed by atoms with van der Waals surface area (Å²) >= 11 is 0. The molecule has 2 heterocycles. The molecule has 1 unspecified atom stereocenters. The van der Waals surface area contributed by atoms with E-state index in [-0.39, 0.29) is 16.6 Å². The number of aryl methyl sites for hydroxylation is 1. The molecule has 0 radical (unpaired) electrons. The summed E-state index contributed by atoms with van der Waals surface area (Å²) in [6, 6.07) is -0.672. The van der Waals surface area contributed by atoms with Crippen LogP contribution in [0.25, 0.3) is 0 Å². The standard InChI is InChI=1S/C12H21N5O3S/c1-3-6-16-8-10(11(13)15-16)21(19,20)17-7-4-5-9(17)12(18)14-2/h8-9H,3-7H2,1-2H3,(H2,13,15)(H,14,18). The van der Waals surface area contributed by atoms with Crippen LogP contribution in [0.4, 0.5) is 5.82 Å². The third-order valence-electron chi connectivity index (χ3n) is 3.55. The van der Waals surface area contributed by atoms with Gasteiger partial charge in [0.2, 0.25) is 15.9 Å². The van der Waals surface area contributed by atoms with E-state index in [0.717, 1.165) is 6.42 Å². The highest BCUT2D eigenvalue weighted by Gasteiger charge is 2.40. The number of rotatable bonds is 5. The first-order valence-corrected chi connectivity index (χ1v) is 8.42. The van der Waals surface area contributed by atoms with E-state index in [4.69, 9.17) is 5.73 Å². The van der Waals surface area contributed by atoms with Gasteiger partial charge in [-0.3, -0.25) is 9.48 Å². The molecule has 3 N–H and O–H groups in total. The molecule has 1 amide bonds. The molecule has 0 aliphatic carbocycles. The molecule has 9 heteroatoms. The van der Waals surface area contributed by atoms with Gasteiger partial charge in [0.1, 0.15) is 10.9 Å². The number of anilines is 1. The van der Waals surface area contributed by atoms with E-state index in [1.807, 2.05) is 6.92 Å². The van der Waals surface area contributed by atoms with Crippen molar-refractivity contribution < 1.29 is 13.2 Å². The molecule has 2 rings (SSSR count). The van der Waals surface area contributed by atoms with Gasteiger partial charge in [0.25, 0.3) is 0 Å². The van der Waals surface area contributed by atoms with Gasteiger partial charge in [-0.1, -0.05) is 6.92 Å². The molecule has 0 saturated carbocycles. The fraction of sp³-hybridized carbons (Fsp3) is 0.667. The Bertz CT molecular complexity index is 625. The van der Waals surface area contributed by atoms with Crippen molar-refractivity contribution >= 4 is 21.7 Å². The molecule has 21 heavy (non-hydrogen) atoms. The number of sulfonamides is 1. The number of hydrogen-bond acceptors (Lipinski definition) is 5. The molecule has 1 saturated heterocycles. The fourth-order valence-corrected chi connectivity index (χ4v) is 4.26. The molecule has 1 atom stereocenters. The summed E-state index contributed by atoms with van der Waals surface area (Å²) in [5, 5.41) is 6.52. The number of amides is 1. The molecule has 8 nitrogen and oxygen atoms in total. The van der Waals surface area contributed by atoms with Gasteiger partial charge in [-0.25, -0.2) is 8.42 Å². The zero-order chi connectivity index (χ0) is 15.6. The summed E-state index contributed by atoms with van der Waals surface area (Å²) in [5.74, 6) is -0.318. The second-order valence-corrected chi connectivity index (χ2v) is 6.89. The smallest absolute Gasteiger partial charge is 0.249 e. The summed E-state index contributed by atoms with van der Waals surface area (Å²) in [4.78, 5) is 11.8. The van der Waals surface area contributed by atoms with Crippen LogP contribution in [-0.4, -0.2) is 48.0 Å². The maximum Gasteiger partial charge on any atom is 0.249 e. The van der Waals surface area contributed by atoms with E-state index >= 15 is 0 Å². The first kappa shape index (κ1) is 15.8. The number of carbonyl (C=O) groups is 1. The molecule has 1 aromatic rings. The second-order valence-electron chi connectivity index (χ2n) is 5.03. The van der Waals surface area contributed by atoms with Gasteiger partial charge >= 0.3 is 0 Å². The van der Waals surface area contributed by atoms with Gasteiger partial charge in [0.15, 0.2) is 5.82 Å². The van der Waals surface area contributed by atoms with Crippen molar-refractivity contribution in [3.05, 3.63) is 6.20 Å². The van der Waals surface area contributed by atoms with Crippen LogP contribution in [0.3, 0.4) is 0 Å². The van der Waals surface area contributed by atoms with Crippen molar-refractivity contribution in [2.45, 2.75) is 43.7 Å². The average molecular weight is 315 g/mol. The summed E-state index contributed by atoms with van der Waals surface area (Å²) < 4.78 is 28.2. The number of nitrogen functional groups attached to an aromatic ring is 1. The molecular weight excluding hydrogens is 294 g/mol. The first-order chi connectivity index (χ1) is 9.91. The fourth-order valence-electron chi connectivity index (χ4n) is 2.54. The summed E-state index contributed by atoms with van der Waals surface area (Å²) in [5.41, 5.74) is 5.74. The molecule has 0 aromatic carbocycles. The predicted molar refractivity (Wildman–Crippen MR) is 77.9 cm³/mol. The quantitative estimate of drug-likeness (QED) is 0.780. The van der Waals surface area contributed by atoms with Crippen LogP contribution in [0.1, 0.15) is 26.2 Å². The van der Waals surface area contributed by atoms with Crippen molar-refractivity contribution in [3.63, 3.8) is 0 Å². The number of nitrogens with one attached hydrogen (secondary N) is 1. The van der Waals surface area contributed by atoms with Crippen molar-refractivity contribution in [1.82, 2.24) is 19.4 Å². The Kier molecular flexibility index (Phi) is 4.52. The van der Waals surface area contributed by atoms with E-state index in [2.05, 4.69) is 10.4 Å². The lowest BCUT2D eigenvalue weighted by atomic mass is 10.2. The van der Waals surface area contributed by atoms with Crippen LogP contribution in [0.5, 0.6) is 0 Å². The summed E-state index contributed by atoms with van der Waals surface area (Å²) in [6.07, 6.45) is 3.43. The van der Waals surface area contributed by atoms with Crippen LogP contribution in [0, 0.1) is 0 Å². The SMILES string of the molecule is CCCn1cc(S(=O)(=O)N2CCCC2C(=O)NC)c(N)n1. The average Bonchev–Trinajstić information content (AvgIpc) is 3.05. The monoisotopic (exact) mass is 315 g/mol. The van der Waals surface area contributed by atoms with E-state index < -0.39 is 16.1 Å². The zero-order valence-electron chi connectivity index (χ0n) is 12.2. The molecule has 1 fully saturated rings. The predicted octanol–water partition coefficient (Wildman–Crippen LogP) is -0.226. The van der Waals surface area contributed by atoms with Crippen LogP contribution in [0.15, 0.2) is 11.1 Å². The minimum atomic E-state index is -3.81. The van der Waals surface area contributed by atoms with Crippen LogP contribution >= 0.6 is 0 Å². The number of hydrogen-bond donors (Lipinski definition) is 2. The number of nitrogens with two attached hydrogens (primary N) is 1. The van der Waals surface area contributed by atoms with Gasteiger partial charge in [-0.15, -0.1) is 0 Å². The highest BCUT2D eigenvalue weighted by atomic mass is 32.2. The highest BCUT2D eigenvalue weighted by Crippen LogP contribution is 2.28. The van der Waals surface area contributed by atoms with Crippen molar-refractivity contribution in [2.75, 3.05) is 19.3 Å². The molecule has 0 spiro atoms.